The molecular formula is C17H20N2O2S. The van der Waals surface area contributed by atoms with Crippen molar-refractivity contribution in [3.63, 3.8) is 0 Å². The number of hydrogen-bond donors (Lipinski definition) is 1. The second-order valence-electron chi connectivity index (χ2n) is 5.36. The Morgan fingerprint density at radius 2 is 2.18 bits per heavy atom. The SMILES string of the molecule is COc1cc(N2CC[C@H](O)C2)ncc1SCc1ccccc1. The van der Waals surface area contributed by atoms with Crippen molar-refractivity contribution >= 4 is 17.6 Å². The number of pyridine rings is 1. The van der Waals surface area contributed by atoms with Crippen LogP contribution in [0.2, 0.25) is 0 Å². The van der Waals surface area contributed by atoms with Gasteiger partial charge in [-0.05, 0) is 12.0 Å². The lowest BCUT2D eigenvalue weighted by Crippen LogP contribution is -2.22. The van der Waals surface area contributed by atoms with Gasteiger partial charge in [-0.2, -0.15) is 0 Å². The number of nitrogens with zero attached hydrogens (tertiary/aromatic N) is 2. The van der Waals surface area contributed by atoms with Gasteiger partial charge in [0.1, 0.15) is 11.6 Å². The maximum Gasteiger partial charge on any atom is 0.137 e. The van der Waals surface area contributed by atoms with Crippen molar-refractivity contribution < 1.29 is 9.84 Å². The molecule has 0 radical (unpaired) electrons. The molecule has 1 saturated heterocycles. The molecule has 22 heavy (non-hydrogen) atoms. The number of benzene rings is 1. The summed E-state index contributed by atoms with van der Waals surface area (Å²) in [5, 5.41) is 9.65. The van der Waals surface area contributed by atoms with Gasteiger partial charge in [-0.15, -0.1) is 11.8 Å². The summed E-state index contributed by atoms with van der Waals surface area (Å²) in [4.78, 5) is 7.66. The lowest BCUT2D eigenvalue weighted by Gasteiger charge is -2.18. The molecule has 1 atom stereocenters. The zero-order valence-electron chi connectivity index (χ0n) is 12.6. The summed E-state index contributed by atoms with van der Waals surface area (Å²) >= 11 is 1.72. The van der Waals surface area contributed by atoms with Gasteiger partial charge in [0.05, 0.1) is 18.1 Å². The molecule has 1 fully saturated rings. The summed E-state index contributed by atoms with van der Waals surface area (Å²) in [7, 11) is 1.69. The summed E-state index contributed by atoms with van der Waals surface area (Å²) in [6.07, 6.45) is 2.42. The second-order valence-corrected chi connectivity index (χ2v) is 6.37. The van der Waals surface area contributed by atoms with Crippen LogP contribution in [0.3, 0.4) is 0 Å². The van der Waals surface area contributed by atoms with Crippen molar-refractivity contribution in [2.45, 2.75) is 23.2 Å². The van der Waals surface area contributed by atoms with Gasteiger partial charge in [0.25, 0.3) is 0 Å². The normalized spacial score (nSPS) is 17.7. The van der Waals surface area contributed by atoms with Crippen LogP contribution in [-0.4, -0.2) is 36.4 Å². The van der Waals surface area contributed by atoms with Gasteiger partial charge in [0, 0.05) is 31.1 Å². The topological polar surface area (TPSA) is 45.6 Å². The van der Waals surface area contributed by atoms with Crippen LogP contribution < -0.4 is 9.64 Å². The Bertz CT molecular complexity index is 621. The standard InChI is InChI=1S/C17H20N2O2S/c1-21-15-9-17(19-8-7-14(20)11-19)18-10-16(15)22-12-13-5-3-2-4-6-13/h2-6,9-10,14,20H,7-8,11-12H2,1H3/t14-/m0/s1. The van der Waals surface area contributed by atoms with Crippen molar-refractivity contribution in [3.05, 3.63) is 48.2 Å². The van der Waals surface area contributed by atoms with Crippen molar-refractivity contribution in [1.82, 2.24) is 4.98 Å². The molecule has 2 heterocycles. The van der Waals surface area contributed by atoms with E-state index in [1.165, 1.54) is 5.56 Å². The maximum absolute atomic E-state index is 9.65. The molecule has 3 rings (SSSR count). The minimum absolute atomic E-state index is 0.250. The van der Waals surface area contributed by atoms with Crippen LogP contribution >= 0.6 is 11.8 Å². The first-order chi connectivity index (χ1) is 10.8. The van der Waals surface area contributed by atoms with Gasteiger partial charge < -0.3 is 14.7 Å². The summed E-state index contributed by atoms with van der Waals surface area (Å²) in [6, 6.07) is 12.3. The Morgan fingerprint density at radius 1 is 1.36 bits per heavy atom. The number of aromatic nitrogens is 1. The average molecular weight is 316 g/mol. The molecule has 1 aliphatic rings. The summed E-state index contributed by atoms with van der Waals surface area (Å²) in [5.41, 5.74) is 1.28. The van der Waals surface area contributed by atoms with Crippen LogP contribution in [0.25, 0.3) is 0 Å². The van der Waals surface area contributed by atoms with E-state index in [0.717, 1.165) is 35.2 Å². The third-order valence-electron chi connectivity index (χ3n) is 3.76. The number of β-amino-alcohol motifs (C(OH)–C–C–N with tert-alkyl or cyclic N) is 1. The fourth-order valence-corrected chi connectivity index (χ4v) is 3.47. The van der Waals surface area contributed by atoms with E-state index >= 15 is 0 Å². The number of rotatable bonds is 5. The lowest BCUT2D eigenvalue weighted by molar-refractivity contribution is 0.198. The molecule has 1 aromatic carbocycles. The molecule has 1 aromatic heterocycles. The largest absolute Gasteiger partial charge is 0.495 e. The predicted molar refractivity (Wildman–Crippen MR) is 89.6 cm³/mol. The van der Waals surface area contributed by atoms with Crippen molar-refractivity contribution in [2.24, 2.45) is 0 Å². The first kappa shape index (κ1) is 15.2. The van der Waals surface area contributed by atoms with Crippen molar-refractivity contribution in [1.29, 1.82) is 0 Å². The van der Waals surface area contributed by atoms with Gasteiger partial charge in [-0.3, -0.25) is 0 Å². The van der Waals surface area contributed by atoms with E-state index in [4.69, 9.17) is 4.74 Å². The first-order valence-electron chi connectivity index (χ1n) is 7.40. The van der Waals surface area contributed by atoms with E-state index in [2.05, 4.69) is 22.0 Å². The highest BCUT2D eigenvalue weighted by Crippen LogP contribution is 2.34. The zero-order valence-corrected chi connectivity index (χ0v) is 13.4. The molecular weight excluding hydrogens is 296 g/mol. The maximum atomic E-state index is 9.65. The molecule has 5 heteroatoms. The minimum Gasteiger partial charge on any atom is -0.495 e. The Kier molecular flexibility index (Phi) is 4.85. The smallest absolute Gasteiger partial charge is 0.137 e. The second kappa shape index (κ2) is 7.03. The van der Waals surface area contributed by atoms with E-state index in [1.54, 1.807) is 18.9 Å². The van der Waals surface area contributed by atoms with E-state index in [1.807, 2.05) is 30.5 Å². The van der Waals surface area contributed by atoms with E-state index < -0.39 is 0 Å². The van der Waals surface area contributed by atoms with Crippen molar-refractivity contribution in [2.75, 3.05) is 25.1 Å². The number of aliphatic hydroxyl groups is 1. The molecule has 0 aliphatic carbocycles. The average Bonchev–Trinajstić information content (AvgIpc) is 3.00. The molecule has 116 valence electrons. The number of anilines is 1. The Morgan fingerprint density at radius 3 is 2.86 bits per heavy atom. The van der Waals surface area contributed by atoms with Gasteiger partial charge in [-0.25, -0.2) is 4.98 Å². The summed E-state index contributed by atoms with van der Waals surface area (Å²) in [6.45, 7) is 1.49. The van der Waals surface area contributed by atoms with E-state index in [-0.39, 0.29) is 6.10 Å². The van der Waals surface area contributed by atoms with Crippen LogP contribution in [-0.2, 0) is 5.75 Å². The quantitative estimate of drug-likeness (QED) is 0.859. The van der Waals surface area contributed by atoms with Gasteiger partial charge >= 0.3 is 0 Å². The number of methoxy groups -OCH3 is 1. The molecule has 1 aliphatic heterocycles. The fourth-order valence-electron chi connectivity index (χ4n) is 2.54. The Hall–Kier alpha value is -1.72. The molecule has 0 spiro atoms. The summed E-state index contributed by atoms with van der Waals surface area (Å²) < 4.78 is 5.51. The Labute approximate surface area is 135 Å². The fraction of sp³-hybridized carbons (Fsp3) is 0.353. The Balaban J connectivity index is 1.72. The van der Waals surface area contributed by atoms with E-state index in [9.17, 15) is 5.11 Å². The lowest BCUT2D eigenvalue weighted by atomic mass is 10.2. The molecule has 2 aromatic rings. The van der Waals surface area contributed by atoms with Crippen LogP contribution in [0.5, 0.6) is 5.75 Å². The third-order valence-corrected chi connectivity index (χ3v) is 4.86. The van der Waals surface area contributed by atoms with Gasteiger partial charge in [-0.1, -0.05) is 30.3 Å². The first-order valence-corrected chi connectivity index (χ1v) is 8.38. The number of ether oxygens (including phenoxy) is 1. The number of hydrogen-bond acceptors (Lipinski definition) is 5. The van der Waals surface area contributed by atoms with Gasteiger partial charge in [0.15, 0.2) is 0 Å². The van der Waals surface area contributed by atoms with Crippen LogP contribution in [0.15, 0.2) is 47.5 Å². The van der Waals surface area contributed by atoms with E-state index in [0.29, 0.717) is 6.54 Å². The monoisotopic (exact) mass is 316 g/mol. The van der Waals surface area contributed by atoms with Crippen LogP contribution in [0.4, 0.5) is 5.82 Å². The molecule has 0 unspecified atom stereocenters. The zero-order chi connectivity index (χ0) is 15.4. The predicted octanol–water partition coefficient (Wildman–Crippen LogP) is 2.95. The number of aliphatic hydroxyl groups excluding tert-OH is 1. The highest BCUT2D eigenvalue weighted by Gasteiger charge is 2.22. The third kappa shape index (κ3) is 3.54. The molecule has 4 nitrogen and oxygen atoms in total. The van der Waals surface area contributed by atoms with Crippen LogP contribution in [0.1, 0.15) is 12.0 Å². The molecule has 0 amide bonds. The van der Waals surface area contributed by atoms with Crippen molar-refractivity contribution in [3.8, 4) is 5.75 Å². The highest BCUT2D eigenvalue weighted by atomic mass is 32.2. The van der Waals surface area contributed by atoms with Gasteiger partial charge in [0.2, 0.25) is 0 Å². The minimum atomic E-state index is -0.250. The van der Waals surface area contributed by atoms with Crippen LogP contribution in [0, 0.1) is 0 Å². The highest BCUT2D eigenvalue weighted by molar-refractivity contribution is 7.98. The molecule has 0 bridgehead atoms. The molecule has 0 saturated carbocycles. The molecule has 1 N–H and O–H groups in total. The summed E-state index contributed by atoms with van der Waals surface area (Å²) in [5.74, 6) is 2.60. The number of thioether (sulfide) groups is 1.